The second-order valence-electron chi connectivity index (χ2n) is 7.84. The molecule has 1 aromatic heterocycles. The van der Waals surface area contributed by atoms with Gasteiger partial charge in [0.15, 0.2) is 23.2 Å². The van der Waals surface area contributed by atoms with Crippen molar-refractivity contribution in [3.8, 4) is 5.75 Å². The Labute approximate surface area is 208 Å². The van der Waals surface area contributed by atoms with Gasteiger partial charge in [0.2, 0.25) is 0 Å². The van der Waals surface area contributed by atoms with Crippen LogP contribution < -0.4 is 15.4 Å². The standard InChI is InChI=1S/C26H24ClN3O3S/c1-3-17-6-10-23-21(13-17)29-25(33-23)14-18-4-8-20(9-5-18)28-26(34)30-24(31)15-32-22-11-7-19(27)12-16(22)2/h4-13H,3,14-15H2,1-2H3,(H2,28,30,31,34). The Hall–Kier alpha value is -3.42. The molecule has 0 aliphatic carbocycles. The van der Waals surface area contributed by atoms with Crippen molar-refractivity contribution >= 4 is 51.6 Å². The molecule has 8 heteroatoms. The van der Waals surface area contributed by atoms with Gasteiger partial charge < -0.3 is 14.5 Å². The highest BCUT2D eigenvalue weighted by molar-refractivity contribution is 7.80. The van der Waals surface area contributed by atoms with Crippen LogP contribution in [-0.2, 0) is 17.6 Å². The van der Waals surface area contributed by atoms with Crippen molar-refractivity contribution in [3.05, 3.63) is 88.3 Å². The molecule has 0 aliphatic heterocycles. The number of carbonyl (C=O) groups is 1. The van der Waals surface area contributed by atoms with Crippen LogP contribution >= 0.6 is 23.8 Å². The molecule has 0 saturated heterocycles. The predicted octanol–water partition coefficient (Wildman–Crippen LogP) is 5.83. The smallest absolute Gasteiger partial charge is 0.264 e. The number of aromatic nitrogens is 1. The maximum absolute atomic E-state index is 12.2. The van der Waals surface area contributed by atoms with Crippen LogP contribution in [0.4, 0.5) is 5.69 Å². The number of anilines is 1. The van der Waals surface area contributed by atoms with Crippen molar-refractivity contribution in [2.75, 3.05) is 11.9 Å². The van der Waals surface area contributed by atoms with Gasteiger partial charge in [-0.2, -0.15) is 0 Å². The maximum atomic E-state index is 12.2. The van der Waals surface area contributed by atoms with E-state index in [1.807, 2.05) is 37.3 Å². The van der Waals surface area contributed by atoms with Crippen LogP contribution in [0.25, 0.3) is 11.1 Å². The largest absolute Gasteiger partial charge is 0.483 e. The minimum atomic E-state index is -0.356. The number of rotatable bonds is 7. The van der Waals surface area contributed by atoms with Crippen molar-refractivity contribution in [1.82, 2.24) is 10.3 Å². The van der Waals surface area contributed by atoms with E-state index in [1.165, 1.54) is 5.56 Å². The molecule has 34 heavy (non-hydrogen) atoms. The average molecular weight is 494 g/mol. The first-order chi connectivity index (χ1) is 16.4. The van der Waals surface area contributed by atoms with Gasteiger partial charge in [0.25, 0.3) is 5.91 Å². The fraction of sp³-hybridized carbons (Fsp3) is 0.192. The summed E-state index contributed by atoms with van der Waals surface area (Å²) in [6.45, 7) is 3.82. The van der Waals surface area contributed by atoms with Crippen molar-refractivity contribution in [1.29, 1.82) is 0 Å². The number of hydrogen-bond donors (Lipinski definition) is 2. The zero-order valence-corrected chi connectivity index (χ0v) is 20.4. The van der Waals surface area contributed by atoms with E-state index in [-0.39, 0.29) is 17.6 Å². The lowest BCUT2D eigenvalue weighted by Gasteiger charge is -2.12. The molecular weight excluding hydrogens is 470 g/mol. The molecule has 0 atom stereocenters. The van der Waals surface area contributed by atoms with Crippen molar-refractivity contribution in [3.63, 3.8) is 0 Å². The van der Waals surface area contributed by atoms with Crippen molar-refractivity contribution < 1.29 is 13.9 Å². The van der Waals surface area contributed by atoms with Gasteiger partial charge in [0.05, 0.1) is 0 Å². The van der Waals surface area contributed by atoms with Gasteiger partial charge in [0, 0.05) is 17.1 Å². The Morgan fingerprint density at radius 1 is 1.09 bits per heavy atom. The van der Waals surface area contributed by atoms with Gasteiger partial charge >= 0.3 is 0 Å². The Morgan fingerprint density at radius 3 is 2.59 bits per heavy atom. The molecule has 0 spiro atoms. The van der Waals surface area contributed by atoms with E-state index in [0.717, 1.165) is 34.3 Å². The quantitative estimate of drug-likeness (QED) is 0.315. The van der Waals surface area contributed by atoms with Gasteiger partial charge in [-0.25, -0.2) is 4.98 Å². The number of hydrogen-bond acceptors (Lipinski definition) is 5. The van der Waals surface area contributed by atoms with Gasteiger partial charge in [-0.05, 0) is 84.7 Å². The van der Waals surface area contributed by atoms with Crippen LogP contribution in [0.2, 0.25) is 5.02 Å². The summed E-state index contributed by atoms with van der Waals surface area (Å²) in [6, 6.07) is 19.0. The van der Waals surface area contributed by atoms with E-state index in [2.05, 4.69) is 34.7 Å². The second-order valence-corrected chi connectivity index (χ2v) is 8.68. The average Bonchev–Trinajstić information content (AvgIpc) is 3.21. The molecule has 6 nitrogen and oxygen atoms in total. The number of thiocarbonyl (C=S) groups is 1. The predicted molar refractivity (Wildman–Crippen MR) is 139 cm³/mol. The lowest BCUT2D eigenvalue weighted by molar-refractivity contribution is -0.121. The van der Waals surface area contributed by atoms with Crippen LogP contribution in [0.3, 0.4) is 0 Å². The van der Waals surface area contributed by atoms with E-state index >= 15 is 0 Å². The molecule has 2 N–H and O–H groups in total. The van der Waals surface area contributed by atoms with Crippen LogP contribution in [0.1, 0.15) is 29.5 Å². The number of ether oxygens (including phenoxy) is 1. The fourth-order valence-electron chi connectivity index (χ4n) is 3.44. The lowest BCUT2D eigenvalue weighted by atomic mass is 10.1. The summed E-state index contributed by atoms with van der Waals surface area (Å²) in [5.41, 5.74) is 5.57. The molecule has 174 valence electrons. The van der Waals surface area contributed by atoms with Crippen LogP contribution in [0.15, 0.2) is 65.1 Å². The SMILES string of the molecule is CCc1ccc2oc(Cc3ccc(NC(=S)NC(=O)COc4ccc(Cl)cc4C)cc3)nc2c1. The van der Waals surface area contributed by atoms with Gasteiger partial charge in [-0.15, -0.1) is 0 Å². The molecule has 0 aliphatic rings. The van der Waals surface area contributed by atoms with Crippen LogP contribution in [0.5, 0.6) is 5.75 Å². The van der Waals surface area contributed by atoms with Gasteiger partial charge in [-0.1, -0.05) is 36.7 Å². The molecule has 1 amide bonds. The monoisotopic (exact) mass is 493 g/mol. The third kappa shape index (κ3) is 6.12. The van der Waals surface area contributed by atoms with Gasteiger partial charge in [-0.3, -0.25) is 10.1 Å². The molecule has 0 bridgehead atoms. The number of amides is 1. The summed E-state index contributed by atoms with van der Waals surface area (Å²) >= 11 is 11.2. The highest BCUT2D eigenvalue weighted by atomic mass is 35.5. The number of nitrogens with one attached hydrogen (secondary N) is 2. The number of oxazole rings is 1. The number of fused-ring (bicyclic) bond motifs is 1. The summed E-state index contributed by atoms with van der Waals surface area (Å²) in [5.74, 6) is 0.909. The third-order valence-corrected chi connectivity index (χ3v) is 5.66. The van der Waals surface area contributed by atoms with Crippen molar-refractivity contribution in [2.45, 2.75) is 26.7 Å². The van der Waals surface area contributed by atoms with E-state index in [4.69, 9.17) is 33.0 Å². The lowest BCUT2D eigenvalue weighted by Crippen LogP contribution is -2.37. The molecule has 1 heterocycles. The zero-order valence-electron chi connectivity index (χ0n) is 18.9. The number of carbonyl (C=O) groups excluding carboxylic acids is 1. The number of nitrogens with zero attached hydrogens (tertiary/aromatic N) is 1. The van der Waals surface area contributed by atoms with Gasteiger partial charge in [0.1, 0.15) is 11.3 Å². The fourth-order valence-corrected chi connectivity index (χ4v) is 3.90. The molecule has 3 aromatic carbocycles. The number of aryl methyl sites for hydroxylation is 2. The highest BCUT2D eigenvalue weighted by Crippen LogP contribution is 2.22. The molecule has 0 fully saturated rings. The molecule has 0 radical (unpaired) electrons. The Balaban J connectivity index is 1.28. The summed E-state index contributed by atoms with van der Waals surface area (Å²) < 4.78 is 11.4. The molecule has 0 saturated carbocycles. The highest BCUT2D eigenvalue weighted by Gasteiger charge is 2.10. The Bertz CT molecular complexity index is 1340. The minimum Gasteiger partial charge on any atom is -0.483 e. The Morgan fingerprint density at radius 2 is 1.85 bits per heavy atom. The van der Waals surface area contributed by atoms with Crippen molar-refractivity contribution in [2.24, 2.45) is 0 Å². The van der Waals surface area contributed by atoms with E-state index in [1.54, 1.807) is 18.2 Å². The molecule has 4 aromatic rings. The topological polar surface area (TPSA) is 76.4 Å². The van der Waals surface area contributed by atoms with E-state index in [0.29, 0.717) is 23.1 Å². The summed E-state index contributed by atoms with van der Waals surface area (Å²) in [6.07, 6.45) is 1.54. The zero-order chi connectivity index (χ0) is 24.1. The minimum absolute atomic E-state index is 0.159. The normalized spacial score (nSPS) is 10.8. The van der Waals surface area contributed by atoms with E-state index in [9.17, 15) is 4.79 Å². The van der Waals surface area contributed by atoms with E-state index < -0.39 is 0 Å². The first-order valence-corrected chi connectivity index (χ1v) is 11.7. The summed E-state index contributed by atoms with van der Waals surface area (Å²) in [4.78, 5) is 16.8. The first-order valence-electron chi connectivity index (χ1n) is 10.9. The first kappa shape index (κ1) is 23.7. The number of halogens is 1. The maximum Gasteiger partial charge on any atom is 0.264 e. The molecule has 4 rings (SSSR count). The Kier molecular flexibility index (Phi) is 7.45. The molecule has 0 unspecified atom stereocenters. The second kappa shape index (κ2) is 10.7. The van der Waals surface area contributed by atoms with Crippen LogP contribution in [0, 0.1) is 6.92 Å². The molecular formula is C26H24ClN3O3S. The summed E-state index contributed by atoms with van der Waals surface area (Å²) in [7, 11) is 0. The summed E-state index contributed by atoms with van der Waals surface area (Å²) in [5, 5.41) is 6.43. The number of benzene rings is 3. The van der Waals surface area contributed by atoms with Crippen LogP contribution in [-0.4, -0.2) is 22.6 Å². The third-order valence-electron chi connectivity index (χ3n) is 5.22.